The summed E-state index contributed by atoms with van der Waals surface area (Å²) in [7, 11) is -4.18. The van der Waals surface area contributed by atoms with Gasteiger partial charge in [0.1, 0.15) is 18.4 Å². The molecule has 0 bridgehead atoms. The molecule has 38 heavy (non-hydrogen) atoms. The highest BCUT2D eigenvalue weighted by Gasteiger charge is 2.33. The lowest BCUT2D eigenvalue weighted by molar-refractivity contribution is -0.140. The molecule has 202 valence electrons. The van der Waals surface area contributed by atoms with E-state index in [1.165, 1.54) is 47.4 Å². The van der Waals surface area contributed by atoms with Crippen molar-refractivity contribution in [3.05, 3.63) is 94.8 Å². The lowest BCUT2D eigenvalue weighted by Crippen LogP contribution is -2.52. The van der Waals surface area contributed by atoms with Gasteiger partial charge in [-0.3, -0.25) is 13.9 Å². The predicted molar refractivity (Wildman–Crippen MR) is 147 cm³/mol. The van der Waals surface area contributed by atoms with Crippen LogP contribution >= 0.6 is 11.6 Å². The Morgan fingerprint density at radius 1 is 1.00 bits per heavy atom. The molecule has 0 heterocycles. The van der Waals surface area contributed by atoms with Crippen LogP contribution in [0.15, 0.2) is 77.7 Å². The van der Waals surface area contributed by atoms with E-state index in [0.717, 1.165) is 9.87 Å². The number of sulfonamides is 1. The number of carbonyl (C=O) groups is 2. The van der Waals surface area contributed by atoms with Gasteiger partial charge < -0.3 is 10.2 Å². The number of carbonyl (C=O) groups excluding carboxylic acids is 2. The third kappa shape index (κ3) is 7.11. The zero-order valence-electron chi connectivity index (χ0n) is 21.5. The summed E-state index contributed by atoms with van der Waals surface area (Å²) < 4.78 is 42.1. The average Bonchev–Trinajstić information content (AvgIpc) is 2.88. The van der Waals surface area contributed by atoms with E-state index >= 15 is 0 Å². The molecule has 0 aliphatic heterocycles. The van der Waals surface area contributed by atoms with Crippen LogP contribution in [0.2, 0.25) is 5.02 Å². The predicted octanol–water partition coefficient (Wildman–Crippen LogP) is 4.93. The van der Waals surface area contributed by atoms with Gasteiger partial charge in [0.05, 0.1) is 10.6 Å². The quantitative estimate of drug-likeness (QED) is 0.361. The standard InChI is InChI=1S/C28H31ClFN3O4S/c1-4-26(28(35)31-5-2)32(18-21-11-13-23(30)14-12-21)27(34)19-33(24-8-6-7-22(29)17-24)38(36,37)25-15-9-20(3)10-16-25/h6-17,26H,4-5,18-19H2,1-3H3,(H,31,35)/t26-/m0/s1. The molecule has 2 amide bonds. The summed E-state index contributed by atoms with van der Waals surface area (Å²) >= 11 is 6.17. The van der Waals surface area contributed by atoms with Crippen LogP contribution in [0.1, 0.15) is 31.4 Å². The van der Waals surface area contributed by atoms with Gasteiger partial charge in [-0.2, -0.15) is 0 Å². The molecule has 0 saturated heterocycles. The van der Waals surface area contributed by atoms with E-state index in [0.29, 0.717) is 23.6 Å². The molecule has 0 aromatic heterocycles. The summed E-state index contributed by atoms with van der Waals surface area (Å²) in [5, 5.41) is 3.04. The van der Waals surface area contributed by atoms with Crippen LogP contribution in [0, 0.1) is 12.7 Å². The summed E-state index contributed by atoms with van der Waals surface area (Å²) in [6, 6.07) is 17.2. The second-order valence-electron chi connectivity index (χ2n) is 8.77. The molecule has 7 nitrogen and oxygen atoms in total. The minimum atomic E-state index is -4.18. The zero-order valence-corrected chi connectivity index (χ0v) is 23.1. The number of aryl methyl sites for hydroxylation is 1. The molecule has 0 aliphatic rings. The average molecular weight is 560 g/mol. The van der Waals surface area contributed by atoms with Crippen LogP contribution in [-0.4, -0.2) is 44.3 Å². The van der Waals surface area contributed by atoms with Crippen molar-refractivity contribution < 1.29 is 22.4 Å². The summed E-state index contributed by atoms with van der Waals surface area (Å²) in [6.45, 7) is 5.16. The number of benzene rings is 3. The molecule has 3 rings (SSSR count). The van der Waals surface area contributed by atoms with Crippen molar-refractivity contribution in [2.24, 2.45) is 0 Å². The van der Waals surface area contributed by atoms with Crippen molar-refractivity contribution in [1.82, 2.24) is 10.2 Å². The number of nitrogens with zero attached hydrogens (tertiary/aromatic N) is 2. The van der Waals surface area contributed by atoms with Crippen LogP contribution in [0.5, 0.6) is 0 Å². The van der Waals surface area contributed by atoms with Crippen molar-refractivity contribution in [1.29, 1.82) is 0 Å². The second kappa shape index (κ2) is 12.9. The van der Waals surface area contributed by atoms with Crippen molar-refractivity contribution in [3.8, 4) is 0 Å². The second-order valence-corrected chi connectivity index (χ2v) is 11.1. The Bertz CT molecular complexity index is 1370. The van der Waals surface area contributed by atoms with Gasteiger partial charge in [0.2, 0.25) is 11.8 Å². The molecular weight excluding hydrogens is 529 g/mol. The number of rotatable bonds is 11. The van der Waals surface area contributed by atoms with E-state index in [9.17, 15) is 22.4 Å². The van der Waals surface area contributed by atoms with Crippen molar-refractivity contribution in [3.63, 3.8) is 0 Å². The monoisotopic (exact) mass is 559 g/mol. The van der Waals surface area contributed by atoms with Gasteiger partial charge in [-0.1, -0.05) is 54.4 Å². The summed E-state index contributed by atoms with van der Waals surface area (Å²) in [6.07, 6.45) is 0.292. The maximum Gasteiger partial charge on any atom is 0.264 e. The van der Waals surface area contributed by atoms with Crippen LogP contribution < -0.4 is 9.62 Å². The van der Waals surface area contributed by atoms with E-state index in [2.05, 4.69) is 5.32 Å². The molecule has 0 fully saturated rings. The Morgan fingerprint density at radius 2 is 1.66 bits per heavy atom. The minimum absolute atomic E-state index is 0.0109. The highest BCUT2D eigenvalue weighted by molar-refractivity contribution is 7.92. The van der Waals surface area contributed by atoms with E-state index in [-0.39, 0.29) is 23.0 Å². The minimum Gasteiger partial charge on any atom is -0.355 e. The summed E-state index contributed by atoms with van der Waals surface area (Å²) in [5.74, 6) is -1.39. The Morgan fingerprint density at radius 3 is 2.24 bits per heavy atom. The summed E-state index contributed by atoms with van der Waals surface area (Å²) in [4.78, 5) is 28.1. The SMILES string of the molecule is CCNC(=O)[C@H](CC)N(Cc1ccc(F)cc1)C(=O)CN(c1cccc(Cl)c1)S(=O)(=O)c1ccc(C)cc1. The Labute approximate surface area is 228 Å². The zero-order chi connectivity index (χ0) is 27.9. The van der Waals surface area contributed by atoms with Gasteiger partial charge in [0.15, 0.2) is 0 Å². The van der Waals surface area contributed by atoms with Gasteiger partial charge in [-0.25, -0.2) is 12.8 Å². The Balaban J connectivity index is 2.05. The van der Waals surface area contributed by atoms with Gasteiger partial charge in [-0.05, 0) is 68.3 Å². The molecule has 3 aromatic rings. The fourth-order valence-corrected chi connectivity index (χ4v) is 5.59. The molecule has 10 heteroatoms. The van der Waals surface area contributed by atoms with Gasteiger partial charge in [0.25, 0.3) is 10.0 Å². The van der Waals surface area contributed by atoms with Crippen molar-refractivity contribution >= 4 is 39.1 Å². The maximum atomic E-state index is 13.9. The molecule has 0 radical (unpaired) electrons. The Hall–Kier alpha value is -3.43. The third-order valence-corrected chi connectivity index (χ3v) is 8.01. The normalized spacial score (nSPS) is 12.0. The lowest BCUT2D eigenvalue weighted by Gasteiger charge is -2.33. The molecule has 0 spiro atoms. The fraction of sp³-hybridized carbons (Fsp3) is 0.286. The molecule has 1 N–H and O–H groups in total. The highest BCUT2D eigenvalue weighted by atomic mass is 35.5. The van der Waals surface area contributed by atoms with E-state index in [1.54, 1.807) is 44.2 Å². The number of anilines is 1. The molecule has 3 aromatic carbocycles. The van der Waals surface area contributed by atoms with Crippen LogP contribution in [0.3, 0.4) is 0 Å². The summed E-state index contributed by atoms with van der Waals surface area (Å²) in [5.41, 5.74) is 1.69. The molecule has 1 atom stereocenters. The topological polar surface area (TPSA) is 86.8 Å². The smallest absolute Gasteiger partial charge is 0.264 e. The number of hydrogen-bond donors (Lipinski definition) is 1. The largest absolute Gasteiger partial charge is 0.355 e. The van der Waals surface area contributed by atoms with E-state index in [4.69, 9.17) is 11.6 Å². The first kappa shape index (κ1) is 29.1. The van der Waals surface area contributed by atoms with Gasteiger partial charge >= 0.3 is 0 Å². The highest BCUT2D eigenvalue weighted by Crippen LogP contribution is 2.27. The van der Waals surface area contributed by atoms with Crippen molar-refractivity contribution in [2.45, 2.75) is 44.7 Å². The van der Waals surface area contributed by atoms with Crippen LogP contribution in [0.25, 0.3) is 0 Å². The number of likely N-dealkylation sites (N-methyl/N-ethyl adjacent to an activating group) is 1. The Kier molecular flexibility index (Phi) is 9.88. The van der Waals surface area contributed by atoms with Gasteiger partial charge in [-0.15, -0.1) is 0 Å². The lowest BCUT2D eigenvalue weighted by atomic mass is 10.1. The van der Waals surface area contributed by atoms with Gasteiger partial charge in [0, 0.05) is 18.1 Å². The molecule has 0 unspecified atom stereocenters. The molecule has 0 aliphatic carbocycles. The van der Waals surface area contributed by atoms with Crippen molar-refractivity contribution in [2.75, 3.05) is 17.4 Å². The maximum absolute atomic E-state index is 13.9. The molecule has 0 saturated carbocycles. The van der Waals surface area contributed by atoms with Crippen LogP contribution in [-0.2, 0) is 26.2 Å². The van der Waals surface area contributed by atoms with Crippen LogP contribution in [0.4, 0.5) is 10.1 Å². The van der Waals surface area contributed by atoms with E-state index < -0.39 is 34.3 Å². The fourth-order valence-electron chi connectivity index (χ4n) is 4.00. The third-order valence-electron chi connectivity index (χ3n) is 5.99. The number of halogens is 2. The number of nitrogens with one attached hydrogen (secondary N) is 1. The first-order valence-electron chi connectivity index (χ1n) is 12.2. The first-order valence-corrected chi connectivity index (χ1v) is 14.0. The molecular formula is C28H31ClFN3O4S. The first-order chi connectivity index (χ1) is 18.1. The van der Waals surface area contributed by atoms with E-state index in [1.807, 2.05) is 6.92 Å². The number of amides is 2. The number of hydrogen-bond acceptors (Lipinski definition) is 4.